The van der Waals surface area contributed by atoms with Gasteiger partial charge in [-0.3, -0.25) is 0 Å². The number of benzene rings is 1. The van der Waals surface area contributed by atoms with E-state index in [1.54, 1.807) is 19.1 Å². The molecule has 1 aliphatic heterocycles. The minimum absolute atomic E-state index is 0.0651. The Hall–Kier alpha value is -2.49. The molecule has 1 atom stereocenters. The van der Waals surface area contributed by atoms with Gasteiger partial charge in [-0.15, -0.1) is 0 Å². The second-order valence-corrected chi connectivity index (χ2v) is 5.22. The smallest absolute Gasteiger partial charge is 0.342 e. The fraction of sp³-hybridized carbons (Fsp3) is 0.278. The number of hydrogen-bond donors (Lipinski definition) is 2. The third-order valence-electron chi connectivity index (χ3n) is 3.30. The number of hydrogen-bond acceptors (Lipinski definition) is 4. The molecule has 2 N–H and O–H groups in total. The Bertz CT molecular complexity index is 626. The van der Waals surface area contributed by atoms with Crippen molar-refractivity contribution in [2.75, 3.05) is 0 Å². The van der Waals surface area contributed by atoms with E-state index in [2.05, 4.69) is 6.08 Å². The zero-order chi connectivity index (χ0) is 15.9. The monoisotopic (exact) mass is 300 g/mol. The Morgan fingerprint density at radius 3 is 2.68 bits per heavy atom. The van der Waals surface area contributed by atoms with Gasteiger partial charge in [-0.25, -0.2) is 4.79 Å². The molecule has 1 heterocycles. The molecular formula is C18H20O4. The molecule has 4 heteroatoms. The van der Waals surface area contributed by atoms with Crippen molar-refractivity contribution in [2.24, 2.45) is 0 Å². The molecule has 1 unspecified atom stereocenters. The number of rotatable bonds is 0. The van der Waals surface area contributed by atoms with Crippen LogP contribution in [0.25, 0.3) is 6.08 Å². The number of phenolic OH excluding ortho intramolecular Hbond substituents is 2. The maximum absolute atomic E-state index is 12.3. The van der Waals surface area contributed by atoms with Crippen LogP contribution in [0, 0.1) is 0 Å². The van der Waals surface area contributed by atoms with Crippen LogP contribution in [0.3, 0.4) is 0 Å². The zero-order valence-corrected chi connectivity index (χ0v) is 12.5. The summed E-state index contributed by atoms with van der Waals surface area (Å²) in [5.41, 5.74) is 0.488. The number of phenols is 2. The van der Waals surface area contributed by atoms with Crippen LogP contribution < -0.4 is 0 Å². The van der Waals surface area contributed by atoms with Gasteiger partial charge in [0.25, 0.3) is 0 Å². The molecule has 0 saturated carbocycles. The number of ether oxygens (including phenoxy) is 1. The van der Waals surface area contributed by atoms with E-state index in [1.807, 2.05) is 18.2 Å². The lowest BCUT2D eigenvalue weighted by Crippen LogP contribution is -2.15. The number of esters is 1. The molecule has 0 radical (unpaired) electrons. The highest BCUT2D eigenvalue weighted by Crippen LogP contribution is 2.29. The topological polar surface area (TPSA) is 66.8 Å². The summed E-state index contributed by atoms with van der Waals surface area (Å²) >= 11 is 0. The highest BCUT2D eigenvalue weighted by atomic mass is 16.5. The lowest BCUT2D eigenvalue weighted by atomic mass is 10.0. The number of aromatic hydroxyl groups is 2. The first-order chi connectivity index (χ1) is 10.6. The highest BCUT2D eigenvalue weighted by molar-refractivity contribution is 5.97. The van der Waals surface area contributed by atoms with Crippen molar-refractivity contribution in [1.82, 2.24) is 0 Å². The summed E-state index contributed by atoms with van der Waals surface area (Å²) in [5.74, 6) is -0.989. The van der Waals surface area contributed by atoms with Crippen LogP contribution in [0.1, 0.15) is 42.1 Å². The molecule has 0 spiro atoms. The largest absolute Gasteiger partial charge is 0.508 e. The van der Waals surface area contributed by atoms with Gasteiger partial charge < -0.3 is 14.9 Å². The molecule has 0 aliphatic carbocycles. The van der Waals surface area contributed by atoms with Gasteiger partial charge in [0.15, 0.2) is 0 Å². The Morgan fingerprint density at radius 2 is 1.86 bits per heavy atom. The van der Waals surface area contributed by atoms with Crippen molar-refractivity contribution >= 4 is 12.0 Å². The predicted molar refractivity (Wildman–Crippen MR) is 85.8 cm³/mol. The maximum Gasteiger partial charge on any atom is 0.342 e. The number of fused-ring (bicyclic) bond motifs is 1. The summed E-state index contributed by atoms with van der Waals surface area (Å²) in [6, 6.07) is 2.56. The van der Waals surface area contributed by atoms with E-state index in [-0.39, 0.29) is 23.2 Å². The van der Waals surface area contributed by atoms with Crippen LogP contribution in [0.5, 0.6) is 11.5 Å². The second kappa shape index (κ2) is 7.50. The number of allylic oxidation sites excluding steroid dienone is 4. The van der Waals surface area contributed by atoms with E-state index in [0.717, 1.165) is 18.9 Å². The molecule has 22 heavy (non-hydrogen) atoms. The van der Waals surface area contributed by atoms with E-state index in [4.69, 9.17) is 4.74 Å². The third-order valence-corrected chi connectivity index (χ3v) is 3.30. The van der Waals surface area contributed by atoms with E-state index >= 15 is 0 Å². The van der Waals surface area contributed by atoms with E-state index in [0.29, 0.717) is 12.0 Å². The molecule has 116 valence electrons. The Balaban J connectivity index is 2.40. The minimum Gasteiger partial charge on any atom is -0.508 e. The Morgan fingerprint density at radius 1 is 1.09 bits per heavy atom. The lowest BCUT2D eigenvalue weighted by molar-refractivity contribution is 0.0344. The fourth-order valence-electron chi connectivity index (χ4n) is 2.21. The highest BCUT2D eigenvalue weighted by Gasteiger charge is 2.20. The molecule has 0 saturated heterocycles. The molecular weight excluding hydrogens is 280 g/mol. The molecule has 1 aromatic rings. The summed E-state index contributed by atoms with van der Waals surface area (Å²) in [6.45, 7) is 1.81. The van der Waals surface area contributed by atoms with Gasteiger partial charge in [0.2, 0.25) is 0 Å². The van der Waals surface area contributed by atoms with Crippen LogP contribution in [0.2, 0.25) is 0 Å². The summed E-state index contributed by atoms with van der Waals surface area (Å²) in [5, 5.41) is 19.6. The summed E-state index contributed by atoms with van der Waals surface area (Å²) in [6.07, 6.45) is 13.6. The molecule has 4 nitrogen and oxygen atoms in total. The second-order valence-electron chi connectivity index (χ2n) is 5.22. The molecule has 0 aromatic heterocycles. The van der Waals surface area contributed by atoms with Gasteiger partial charge in [-0.05, 0) is 31.4 Å². The van der Waals surface area contributed by atoms with Crippen LogP contribution in [0.4, 0.5) is 0 Å². The van der Waals surface area contributed by atoms with Crippen LogP contribution >= 0.6 is 0 Å². The van der Waals surface area contributed by atoms with E-state index < -0.39 is 5.97 Å². The molecule has 0 bridgehead atoms. The van der Waals surface area contributed by atoms with Crippen LogP contribution in [-0.2, 0) is 4.74 Å². The van der Waals surface area contributed by atoms with E-state index in [1.165, 1.54) is 6.07 Å². The quantitative estimate of drug-likeness (QED) is 0.562. The van der Waals surface area contributed by atoms with Gasteiger partial charge >= 0.3 is 5.97 Å². The van der Waals surface area contributed by atoms with Gasteiger partial charge in [0.1, 0.15) is 23.2 Å². The molecule has 0 fully saturated rings. The summed E-state index contributed by atoms with van der Waals surface area (Å²) < 4.78 is 5.36. The first-order valence-electron chi connectivity index (χ1n) is 7.33. The molecule has 0 amide bonds. The normalized spacial score (nSPS) is 23.7. The van der Waals surface area contributed by atoms with Crippen LogP contribution in [0.15, 0.2) is 42.5 Å². The van der Waals surface area contributed by atoms with Crippen molar-refractivity contribution < 1.29 is 19.7 Å². The van der Waals surface area contributed by atoms with Crippen molar-refractivity contribution in [3.05, 3.63) is 53.6 Å². The average Bonchev–Trinajstić information content (AvgIpc) is 2.43. The number of carbonyl (C=O) groups excluding carboxylic acids is 1. The minimum atomic E-state index is -0.598. The summed E-state index contributed by atoms with van der Waals surface area (Å²) in [7, 11) is 0. The van der Waals surface area contributed by atoms with Gasteiger partial charge in [0.05, 0.1) is 0 Å². The van der Waals surface area contributed by atoms with Crippen LogP contribution in [-0.4, -0.2) is 22.3 Å². The first-order valence-corrected chi connectivity index (χ1v) is 7.33. The maximum atomic E-state index is 12.3. The van der Waals surface area contributed by atoms with Gasteiger partial charge in [0, 0.05) is 12.5 Å². The number of carbonyl (C=O) groups is 1. The Labute approximate surface area is 130 Å². The third kappa shape index (κ3) is 4.25. The number of cyclic esters (lactones) is 1. The van der Waals surface area contributed by atoms with Crippen molar-refractivity contribution in [2.45, 2.75) is 32.3 Å². The van der Waals surface area contributed by atoms with Gasteiger partial charge in [-0.2, -0.15) is 0 Å². The van der Waals surface area contributed by atoms with Crippen molar-refractivity contribution in [1.29, 1.82) is 0 Å². The van der Waals surface area contributed by atoms with Crippen molar-refractivity contribution in [3.63, 3.8) is 0 Å². The zero-order valence-electron chi connectivity index (χ0n) is 12.5. The summed E-state index contributed by atoms with van der Waals surface area (Å²) in [4.78, 5) is 12.3. The average molecular weight is 300 g/mol. The SMILES string of the molecule is CC1C/C=C/CC/C=C/C=C/c2cc(O)cc(O)c2C(=O)O1. The predicted octanol–water partition coefficient (Wildman–Crippen LogP) is 3.95. The first kappa shape index (κ1) is 15.9. The standard InChI is InChI=1S/C18H20O4/c1-13-9-7-5-3-2-4-6-8-10-14-11-15(19)12-16(20)17(14)18(21)22-13/h4-8,10-13,19-20H,2-3,9H2,1H3/b6-4+,7-5+,10-8+. The molecule has 1 aliphatic rings. The molecule has 1 aromatic carbocycles. The van der Waals surface area contributed by atoms with Gasteiger partial charge in [-0.1, -0.05) is 36.5 Å². The van der Waals surface area contributed by atoms with E-state index in [9.17, 15) is 15.0 Å². The lowest BCUT2D eigenvalue weighted by Gasteiger charge is -2.14. The molecule has 2 rings (SSSR count). The Kier molecular flexibility index (Phi) is 5.42. The fourth-order valence-corrected chi connectivity index (χ4v) is 2.21. The van der Waals surface area contributed by atoms with Crippen molar-refractivity contribution in [3.8, 4) is 11.5 Å².